The number of nitrogens with one attached hydrogen (secondary N) is 1. The van der Waals surface area contributed by atoms with Gasteiger partial charge in [0.2, 0.25) is 5.13 Å². The molecule has 8 heteroatoms. The zero-order valence-electron chi connectivity index (χ0n) is 11.8. The Morgan fingerprint density at radius 1 is 1.36 bits per heavy atom. The van der Waals surface area contributed by atoms with E-state index in [9.17, 15) is 4.79 Å². The van der Waals surface area contributed by atoms with E-state index in [-0.39, 0.29) is 11.9 Å². The molecule has 0 spiro atoms. The molecule has 1 fully saturated rings. The Kier molecular flexibility index (Phi) is 3.27. The number of thiazole rings is 1. The van der Waals surface area contributed by atoms with Gasteiger partial charge >= 0.3 is 0 Å². The van der Waals surface area contributed by atoms with Gasteiger partial charge in [-0.2, -0.15) is 0 Å². The zero-order valence-corrected chi connectivity index (χ0v) is 13.4. The third-order valence-electron chi connectivity index (χ3n) is 3.60. The number of carbonyl (C=O) groups is 1. The Balaban J connectivity index is 1.39. The SMILES string of the molecule is Cc1nnc(N2CC(NC(=O)c3ccc4ncsc4c3)C2)s1. The number of fused-ring (bicyclic) bond motifs is 1. The molecule has 6 nitrogen and oxygen atoms in total. The van der Waals surface area contributed by atoms with Gasteiger partial charge in [0.15, 0.2) is 0 Å². The van der Waals surface area contributed by atoms with Gasteiger partial charge in [0.1, 0.15) is 5.01 Å². The lowest BCUT2D eigenvalue weighted by atomic mass is 10.1. The molecule has 0 atom stereocenters. The van der Waals surface area contributed by atoms with Crippen molar-refractivity contribution in [2.24, 2.45) is 0 Å². The Labute approximate surface area is 134 Å². The lowest BCUT2D eigenvalue weighted by Gasteiger charge is -2.39. The van der Waals surface area contributed by atoms with Gasteiger partial charge < -0.3 is 10.2 Å². The average Bonchev–Trinajstić information content (AvgIpc) is 3.09. The van der Waals surface area contributed by atoms with Crippen LogP contribution in [0.1, 0.15) is 15.4 Å². The number of anilines is 1. The topological polar surface area (TPSA) is 71.0 Å². The maximum Gasteiger partial charge on any atom is 0.251 e. The molecule has 1 saturated heterocycles. The summed E-state index contributed by atoms with van der Waals surface area (Å²) >= 11 is 3.12. The number of aromatic nitrogens is 3. The van der Waals surface area contributed by atoms with Crippen molar-refractivity contribution in [3.63, 3.8) is 0 Å². The Hall–Kier alpha value is -2.06. The number of hydrogen-bond donors (Lipinski definition) is 1. The minimum absolute atomic E-state index is 0.0339. The number of amides is 1. The Bertz CT molecular complexity index is 837. The first-order valence-electron chi connectivity index (χ1n) is 6.88. The minimum Gasteiger partial charge on any atom is -0.346 e. The predicted octanol–water partition coefficient (Wildman–Crippen LogP) is 2.07. The van der Waals surface area contributed by atoms with E-state index < -0.39 is 0 Å². The minimum atomic E-state index is -0.0339. The summed E-state index contributed by atoms with van der Waals surface area (Å²) in [5, 5.41) is 13.1. The molecule has 3 heterocycles. The van der Waals surface area contributed by atoms with Gasteiger partial charge in [0.25, 0.3) is 5.91 Å². The molecule has 0 unspecified atom stereocenters. The van der Waals surface area contributed by atoms with Gasteiger partial charge in [-0.3, -0.25) is 4.79 Å². The molecule has 0 bridgehead atoms. The number of rotatable bonds is 3. The first-order chi connectivity index (χ1) is 10.7. The first-order valence-corrected chi connectivity index (χ1v) is 8.58. The fourth-order valence-corrected chi connectivity index (χ4v) is 3.83. The zero-order chi connectivity index (χ0) is 15.1. The van der Waals surface area contributed by atoms with E-state index in [0.717, 1.165) is 33.4 Å². The van der Waals surface area contributed by atoms with Gasteiger partial charge in [-0.25, -0.2) is 4.98 Å². The molecule has 4 rings (SSSR count). The largest absolute Gasteiger partial charge is 0.346 e. The predicted molar refractivity (Wildman–Crippen MR) is 87.7 cm³/mol. The van der Waals surface area contributed by atoms with Crippen molar-refractivity contribution in [2.45, 2.75) is 13.0 Å². The van der Waals surface area contributed by atoms with Crippen molar-refractivity contribution in [3.8, 4) is 0 Å². The van der Waals surface area contributed by atoms with Crippen molar-refractivity contribution in [3.05, 3.63) is 34.3 Å². The monoisotopic (exact) mass is 331 g/mol. The van der Waals surface area contributed by atoms with Crippen molar-refractivity contribution in [2.75, 3.05) is 18.0 Å². The molecule has 1 N–H and O–H groups in total. The van der Waals surface area contributed by atoms with Crippen molar-refractivity contribution in [1.29, 1.82) is 0 Å². The number of nitrogens with zero attached hydrogens (tertiary/aromatic N) is 4. The molecular weight excluding hydrogens is 318 g/mol. The fourth-order valence-electron chi connectivity index (χ4n) is 2.41. The van der Waals surface area contributed by atoms with E-state index in [1.54, 1.807) is 28.2 Å². The van der Waals surface area contributed by atoms with E-state index in [4.69, 9.17) is 0 Å². The molecule has 22 heavy (non-hydrogen) atoms. The molecule has 0 radical (unpaired) electrons. The highest BCUT2D eigenvalue weighted by Crippen LogP contribution is 2.24. The molecule has 0 aliphatic carbocycles. The lowest BCUT2D eigenvalue weighted by Crippen LogP contribution is -2.59. The summed E-state index contributed by atoms with van der Waals surface area (Å²) in [6.07, 6.45) is 0. The van der Waals surface area contributed by atoms with E-state index >= 15 is 0 Å². The van der Waals surface area contributed by atoms with Crippen LogP contribution in [-0.4, -0.2) is 40.2 Å². The summed E-state index contributed by atoms with van der Waals surface area (Å²) in [5.41, 5.74) is 3.41. The van der Waals surface area contributed by atoms with Crippen LogP contribution in [0.5, 0.6) is 0 Å². The van der Waals surface area contributed by atoms with Gasteiger partial charge in [-0.15, -0.1) is 21.5 Å². The van der Waals surface area contributed by atoms with Crippen LogP contribution in [0.2, 0.25) is 0 Å². The van der Waals surface area contributed by atoms with Crippen molar-refractivity contribution in [1.82, 2.24) is 20.5 Å². The fraction of sp³-hybridized carbons (Fsp3) is 0.286. The van der Waals surface area contributed by atoms with Crippen molar-refractivity contribution >= 4 is 43.9 Å². The second-order valence-electron chi connectivity index (χ2n) is 5.21. The van der Waals surface area contributed by atoms with Crippen LogP contribution in [0, 0.1) is 6.92 Å². The number of hydrogen-bond acceptors (Lipinski definition) is 7. The average molecular weight is 331 g/mol. The molecule has 1 aromatic carbocycles. The van der Waals surface area contributed by atoms with Crippen LogP contribution in [0.15, 0.2) is 23.7 Å². The van der Waals surface area contributed by atoms with Gasteiger partial charge in [-0.05, 0) is 25.1 Å². The maximum atomic E-state index is 12.3. The number of aryl methyl sites for hydroxylation is 1. The molecule has 1 aliphatic heterocycles. The van der Waals surface area contributed by atoms with Crippen LogP contribution in [-0.2, 0) is 0 Å². The van der Waals surface area contributed by atoms with E-state index in [1.165, 1.54) is 0 Å². The molecule has 3 aromatic rings. The van der Waals surface area contributed by atoms with E-state index in [1.807, 2.05) is 25.1 Å². The van der Waals surface area contributed by atoms with E-state index in [2.05, 4.69) is 25.4 Å². The number of carbonyl (C=O) groups excluding carboxylic acids is 1. The number of benzene rings is 1. The van der Waals surface area contributed by atoms with Crippen LogP contribution >= 0.6 is 22.7 Å². The van der Waals surface area contributed by atoms with Crippen molar-refractivity contribution < 1.29 is 4.79 Å². The maximum absolute atomic E-state index is 12.3. The van der Waals surface area contributed by atoms with Crippen LogP contribution in [0.3, 0.4) is 0 Å². The third-order valence-corrected chi connectivity index (χ3v) is 5.29. The quantitative estimate of drug-likeness (QED) is 0.795. The highest BCUT2D eigenvalue weighted by molar-refractivity contribution is 7.16. The molecular formula is C14H13N5OS2. The highest BCUT2D eigenvalue weighted by Gasteiger charge is 2.30. The molecule has 1 amide bonds. The van der Waals surface area contributed by atoms with Crippen LogP contribution in [0.25, 0.3) is 10.2 Å². The molecule has 0 saturated carbocycles. The van der Waals surface area contributed by atoms with Crippen LogP contribution in [0.4, 0.5) is 5.13 Å². The summed E-state index contributed by atoms with van der Waals surface area (Å²) in [6.45, 7) is 3.50. The molecule has 112 valence electrons. The summed E-state index contributed by atoms with van der Waals surface area (Å²) in [5.74, 6) is -0.0339. The van der Waals surface area contributed by atoms with Gasteiger partial charge in [-0.1, -0.05) is 11.3 Å². The second-order valence-corrected chi connectivity index (χ2v) is 7.26. The Morgan fingerprint density at radius 2 is 2.23 bits per heavy atom. The lowest BCUT2D eigenvalue weighted by molar-refractivity contribution is 0.0930. The highest BCUT2D eigenvalue weighted by atomic mass is 32.1. The first kappa shape index (κ1) is 13.6. The molecule has 1 aliphatic rings. The van der Waals surface area contributed by atoms with E-state index in [0.29, 0.717) is 5.56 Å². The summed E-state index contributed by atoms with van der Waals surface area (Å²) in [4.78, 5) is 18.6. The second kappa shape index (κ2) is 5.29. The van der Waals surface area contributed by atoms with Crippen LogP contribution < -0.4 is 10.2 Å². The molecule has 2 aromatic heterocycles. The summed E-state index contributed by atoms with van der Waals surface area (Å²) < 4.78 is 1.03. The normalized spacial score (nSPS) is 15.0. The van der Waals surface area contributed by atoms with Gasteiger partial charge in [0, 0.05) is 18.7 Å². The standard InChI is InChI=1S/C14H13N5OS2/c1-8-17-18-14(22-8)19-5-10(6-19)16-13(20)9-2-3-11-12(4-9)21-7-15-11/h2-4,7,10H,5-6H2,1H3,(H,16,20). The Morgan fingerprint density at radius 3 is 3.00 bits per heavy atom. The van der Waals surface area contributed by atoms with Gasteiger partial charge in [0.05, 0.1) is 21.8 Å². The smallest absolute Gasteiger partial charge is 0.251 e. The summed E-state index contributed by atoms with van der Waals surface area (Å²) in [6, 6.07) is 5.76. The summed E-state index contributed by atoms with van der Waals surface area (Å²) in [7, 11) is 0. The third kappa shape index (κ3) is 2.44.